The van der Waals surface area contributed by atoms with E-state index < -0.39 is 28.5 Å². The summed E-state index contributed by atoms with van der Waals surface area (Å²) < 4.78 is 26.3. The van der Waals surface area contributed by atoms with Gasteiger partial charge in [-0.1, -0.05) is 49.7 Å². The molecule has 2 amide bonds. The molecule has 0 unspecified atom stereocenters. The van der Waals surface area contributed by atoms with Crippen molar-refractivity contribution in [3.63, 3.8) is 0 Å². The lowest BCUT2D eigenvalue weighted by Crippen LogP contribution is -2.52. The summed E-state index contributed by atoms with van der Waals surface area (Å²) >= 11 is 5.99. The summed E-state index contributed by atoms with van der Waals surface area (Å²) in [5.41, 5.74) is 2.23. The number of sulfonamides is 1. The standard InChI is InChI=1S/C25H34ClN3O4S/c1-6-18(3)27-25(31)19(4)28(16-21-8-12-22(26)13-9-21)24(30)17-29(34(5,32)33)23-14-10-20(7-2)11-15-23/h8-15,18-19H,6-7,16-17H2,1-5H3,(H,27,31)/t18-,19+/m1/s1. The molecule has 0 fully saturated rings. The van der Waals surface area contributed by atoms with Gasteiger partial charge in [0.25, 0.3) is 0 Å². The Morgan fingerprint density at radius 1 is 0.971 bits per heavy atom. The number of rotatable bonds is 11. The topological polar surface area (TPSA) is 86.8 Å². The van der Waals surface area contributed by atoms with Crippen LogP contribution in [0.15, 0.2) is 48.5 Å². The van der Waals surface area contributed by atoms with Crippen molar-refractivity contribution in [2.45, 2.75) is 59.2 Å². The lowest BCUT2D eigenvalue weighted by Gasteiger charge is -2.32. The maximum absolute atomic E-state index is 13.5. The van der Waals surface area contributed by atoms with Crippen molar-refractivity contribution in [2.75, 3.05) is 17.1 Å². The van der Waals surface area contributed by atoms with E-state index in [1.54, 1.807) is 43.3 Å². The summed E-state index contributed by atoms with van der Waals surface area (Å²) in [6.45, 7) is 7.22. The Hall–Kier alpha value is -2.58. The molecule has 9 heteroatoms. The first-order chi connectivity index (χ1) is 16.0. The Labute approximate surface area is 208 Å². The molecule has 0 radical (unpaired) electrons. The van der Waals surface area contributed by atoms with Gasteiger partial charge in [0.1, 0.15) is 12.6 Å². The van der Waals surface area contributed by atoms with Crippen LogP contribution in [0.3, 0.4) is 0 Å². The van der Waals surface area contributed by atoms with E-state index in [0.29, 0.717) is 10.7 Å². The van der Waals surface area contributed by atoms with Crippen molar-refractivity contribution in [2.24, 2.45) is 0 Å². The number of carbonyl (C=O) groups excluding carboxylic acids is 2. The first-order valence-electron chi connectivity index (χ1n) is 11.4. The van der Waals surface area contributed by atoms with E-state index in [1.165, 1.54) is 4.90 Å². The zero-order chi connectivity index (χ0) is 25.5. The van der Waals surface area contributed by atoms with Crippen molar-refractivity contribution in [1.29, 1.82) is 0 Å². The van der Waals surface area contributed by atoms with Gasteiger partial charge in [-0.2, -0.15) is 0 Å². The van der Waals surface area contributed by atoms with Gasteiger partial charge in [-0.05, 0) is 62.1 Å². The highest BCUT2D eigenvalue weighted by atomic mass is 35.5. The van der Waals surface area contributed by atoms with Gasteiger partial charge in [0.2, 0.25) is 21.8 Å². The van der Waals surface area contributed by atoms with Gasteiger partial charge in [0, 0.05) is 17.6 Å². The number of amides is 2. The average Bonchev–Trinajstić information content (AvgIpc) is 2.80. The largest absolute Gasteiger partial charge is 0.352 e. The highest BCUT2D eigenvalue weighted by Crippen LogP contribution is 2.20. The van der Waals surface area contributed by atoms with Crippen LogP contribution in [-0.2, 0) is 32.6 Å². The predicted octanol–water partition coefficient (Wildman–Crippen LogP) is 4.00. The van der Waals surface area contributed by atoms with Crippen molar-refractivity contribution in [3.8, 4) is 0 Å². The van der Waals surface area contributed by atoms with E-state index in [9.17, 15) is 18.0 Å². The fourth-order valence-electron chi connectivity index (χ4n) is 3.35. The molecule has 7 nitrogen and oxygen atoms in total. The van der Waals surface area contributed by atoms with E-state index >= 15 is 0 Å². The Morgan fingerprint density at radius 2 is 1.53 bits per heavy atom. The summed E-state index contributed by atoms with van der Waals surface area (Å²) in [4.78, 5) is 27.8. The van der Waals surface area contributed by atoms with Crippen LogP contribution in [0.1, 0.15) is 45.2 Å². The van der Waals surface area contributed by atoms with Crippen molar-refractivity contribution >= 4 is 39.1 Å². The van der Waals surface area contributed by atoms with Crippen LogP contribution in [-0.4, -0.2) is 50.0 Å². The summed E-state index contributed by atoms with van der Waals surface area (Å²) in [5, 5.41) is 3.46. The van der Waals surface area contributed by atoms with E-state index in [0.717, 1.165) is 34.5 Å². The van der Waals surface area contributed by atoms with Crippen LogP contribution in [0.4, 0.5) is 5.69 Å². The quantitative estimate of drug-likeness (QED) is 0.498. The number of halogens is 1. The van der Waals surface area contributed by atoms with Gasteiger partial charge in [0.05, 0.1) is 11.9 Å². The normalized spacial score (nSPS) is 13.1. The maximum Gasteiger partial charge on any atom is 0.244 e. The Bertz CT molecular complexity index is 1070. The third kappa shape index (κ3) is 7.74. The molecule has 0 saturated heterocycles. The van der Waals surface area contributed by atoms with Crippen LogP contribution in [0.25, 0.3) is 0 Å². The van der Waals surface area contributed by atoms with Crippen LogP contribution in [0, 0.1) is 0 Å². The fraction of sp³-hybridized carbons (Fsp3) is 0.440. The minimum absolute atomic E-state index is 0.0490. The smallest absolute Gasteiger partial charge is 0.244 e. The van der Waals surface area contributed by atoms with Gasteiger partial charge in [-0.3, -0.25) is 13.9 Å². The minimum atomic E-state index is -3.75. The minimum Gasteiger partial charge on any atom is -0.352 e. The molecule has 186 valence electrons. The van der Waals surface area contributed by atoms with Gasteiger partial charge in [0.15, 0.2) is 0 Å². The second kappa shape index (κ2) is 12.2. The molecular weight excluding hydrogens is 474 g/mol. The van der Waals surface area contributed by atoms with Gasteiger partial charge < -0.3 is 10.2 Å². The van der Waals surface area contributed by atoms with Gasteiger partial charge >= 0.3 is 0 Å². The number of aryl methyl sites for hydroxylation is 1. The first kappa shape index (κ1) is 27.7. The summed E-state index contributed by atoms with van der Waals surface area (Å²) in [5.74, 6) is -0.776. The molecule has 34 heavy (non-hydrogen) atoms. The third-order valence-corrected chi connectivity index (χ3v) is 7.14. The monoisotopic (exact) mass is 507 g/mol. The average molecular weight is 508 g/mol. The van der Waals surface area contributed by atoms with E-state index in [1.807, 2.05) is 32.9 Å². The number of hydrogen-bond acceptors (Lipinski definition) is 4. The number of nitrogens with zero attached hydrogens (tertiary/aromatic N) is 2. The first-order valence-corrected chi connectivity index (χ1v) is 13.6. The predicted molar refractivity (Wildman–Crippen MR) is 137 cm³/mol. The molecule has 2 aromatic rings. The van der Waals surface area contributed by atoms with Gasteiger partial charge in [-0.15, -0.1) is 0 Å². The molecule has 0 bridgehead atoms. The maximum atomic E-state index is 13.5. The molecule has 0 aliphatic carbocycles. The molecule has 0 aromatic heterocycles. The molecular formula is C25H34ClN3O4S. The third-order valence-electron chi connectivity index (χ3n) is 5.75. The molecule has 2 aromatic carbocycles. The second-order valence-electron chi connectivity index (χ2n) is 8.43. The molecule has 0 heterocycles. The van der Waals surface area contributed by atoms with Crippen molar-refractivity contribution in [3.05, 3.63) is 64.7 Å². The zero-order valence-corrected chi connectivity index (χ0v) is 22.0. The van der Waals surface area contributed by atoms with Crippen LogP contribution in [0.2, 0.25) is 5.02 Å². The number of anilines is 1. The Kier molecular flexibility index (Phi) is 9.94. The number of benzene rings is 2. The van der Waals surface area contributed by atoms with E-state index in [4.69, 9.17) is 11.6 Å². The van der Waals surface area contributed by atoms with Crippen LogP contribution in [0.5, 0.6) is 0 Å². The number of nitrogens with one attached hydrogen (secondary N) is 1. The molecule has 1 N–H and O–H groups in total. The molecule has 0 spiro atoms. The Balaban J connectivity index is 2.36. The lowest BCUT2D eigenvalue weighted by molar-refractivity contribution is -0.139. The molecule has 2 atom stereocenters. The van der Waals surface area contributed by atoms with Gasteiger partial charge in [-0.25, -0.2) is 8.42 Å². The van der Waals surface area contributed by atoms with E-state index in [2.05, 4.69) is 5.32 Å². The summed E-state index contributed by atoms with van der Waals surface area (Å²) in [7, 11) is -3.75. The molecule has 2 rings (SSSR count). The molecule has 0 saturated carbocycles. The fourth-order valence-corrected chi connectivity index (χ4v) is 4.32. The number of carbonyl (C=O) groups is 2. The van der Waals surface area contributed by atoms with Crippen LogP contribution < -0.4 is 9.62 Å². The van der Waals surface area contributed by atoms with Crippen molar-refractivity contribution < 1.29 is 18.0 Å². The lowest BCUT2D eigenvalue weighted by atomic mass is 10.1. The summed E-state index contributed by atoms with van der Waals surface area (Å²) in [6.07, 6.45) is 2.63. The SMILES string of the molecule is CCc1ccc(N(CC(=O)N(Cc2ccc(Cl)cc2)[C@@H](C)C(=O)N[C@H](C)CC)S(C)(=O)=O)cc1. The second-order valence-corrected chi connectivity index (χ2v) is 10.8. The highest BCUT2D eigenvalue weighted by molar-refractivity contribution is 7.92. The molecule has 0 aliphatic rings. The molecule has 0 aliphatic heterocycles. The zero-order valence-electron chi connectivity index (χ0n) is 20.4. The van der Waals surface area contributed by atoms with Crippen LogP contribution >= 0.6 is 11.6 Å². The summed E-state index contributed by atoms with van der Waals surface area (Å²) in [6, 6.07) is 13.2. The van der Waals surface area contributed by atoms with E-state index in [-0.39, 0.29) is 18.5 Å². The number of hydrogen-bond donors (Lipinski definition) is 1. The Morgan fingerprint density at radius 3 is 2.03 bits per heavy atom. The van der Waals surface area contributed by atoms with Crippen molar-refractivity contribution in [1.82, 2.24) is 10.2 Å². The highest BCUT2D eigenvalue weighted by Gasteiger charge is 2.30.